The van der Waals surface area contributed by atoms with Gasteiger partial charge in [-0.1, -0.05) is 0 Å². The van der Waals surface area contributed by atoms with Crippen molar-refractivity contribution in [3.05, 3.63) is 37.8 Å². The molecule has 0 bridgehead atoms. The Bertz CT molecular complexity index is 457. The first kappa shape index (κ1) is 11.3. The molecule has 0 heterocycles. The van der Waals surface area contributed by atoms with Crippen molar-refractivity contribution >= 4 is 33.9 Å². The van der Waals surface area contributed by atoms with Gasteiger partial charge in [0.2, 0.25) is 0 Å². The largest absolute Gasteiger partial charge is 0.478 e. The number of carbonyl (C=O) groups is 2. The van der Waals surface area contributed by atoms with Crippen molar-refractivity contribution in [1.29, 1.82) is 0 Å². The zero-order valence-corrected chi connectivity index (χ0v) is 8.72. The highest BCUT2D eigenvalue weighted by molar-refractivity contribution is 9.10. The molecule has 0 unspecified atom stereocenters. The Hall–Kier alpha value is -1.76. The molecule has 7 heteroatoms. The van der Waals surface area contributed by atoms with Gasteiger partial charge >= 0.3 is 5.97 Å². The number of aromatic carboxylic acids is 1. The van der Waals surface area contributed by atoms with Crippen LogP contribution in [-0.2, 0) is 0 Å². The van der Waals surface area contributed by atoms with Crippen molar-refractivity contribution < 1.29 is 19.6 Å². The van der Waals surface area contributed by atoms with E-state index in [9.17, 15) is 19.7 Å². The number of nitrogens with zero attached hydrogens (tertiary/aromatic N) is 1. The first-order valence-corrected chi connectivity index (χ1v) is 4.43. The van der Waals surface area contributed by atoms with Crippen molar-refractivity contribution in [3.63, 3.8) is 0 Å². The first-order chi connectivity index (χ1) is 6.97. The minimum Gasteiger partial charge on any atom is -0.478 e. The molecule has 1 rings (SSSR count). The Morgan fingerprint density at radius 1 is 1.53 bits per heavy atom. The molecule has 15 heavy (non-hydrogen) atoms. The van der Waals surface area contributed by atoms with E-state index < -0.39 is 16.5 Å². The molecule has 0 aliphatic rings. The average Bonchev–Trinajstić information content (AvgIpc) is 2.16. The zero-order chi connectivity index (χ0) is 11.6. The molecule has 0 aliphatic carbocycles. The molecule has 0 saturated heterocycles. The molecule has 0 amide bonds. The second-order valence-electron chi connectivity index (χ2n) is 2.57. The SMILES string of the molecule is O=Cc1c(Br)cc([N+](=O)[O-])cc1C(=O)O. The number of carboxylic acid groups (broad SMARTS) is 1. The lowest BCUT2D eigenvalue weighted by molar-refractivity contribution is -0.385. The summed E-state index contributed by atoms with van der Waals surface area (Å²) in [7, 11) is 0. The zero-order valence-electron chi connectivity index (χ0n) is 7.14. The van der Waals surface area contributed by atoms with E-state index in [4.69, 9.17) is 5.11 Å². The third-order valence-electron chi connectivity index (χ3n) is 1.67. The fourth-order valence-electron chi connectivity index (χ4n) is 1.01. The number of carbonyl (C=O) groups excluding carboxylic acids is 1. The summed E-state index contributed by atoms with van der Waals surface area (Å²) in [4.78, 5) is 31.0. The summed E-state index contributed by atoms with van der Waals surface area (Å²) < 4.78 is 0.0871. The Morgan fingerprint density at radius 2 is 2.13 bits per heavy atom. The summed E-state index contributed by atoms with van der Waals surface area (Å²) in [6, 6.07) is 1.92. The lowest BCUT2D eigenvalue weighted by atomic mass is 10.1. The van der Waals surface area contributed by atoms with Crippen LogP contribution in [0.4, 0.5) is 5.69 Å². The molecule has 1 aromatic rings. The van der Waals surface area contributed by atoms with E-state index in [0.717, 1.165) is 12.1 Å². The monoisotopic (exact) mass is 273 g/mol. The topological polar surface area (TPSA) is 97.5 Å². The molecule has 0 atom stereocenters. The van der Waals surface area contributed by atoms with Gasteiger partial charge in [-0.15, -0.1) is 0 Å². The molecule has 0 radical (unpaired) electrons. The highest BCUT2D eigenvalue weighted by Crippen LogP contribution is 2.25. The summed E-state index contributed by atoms with van der Waals surface area (Å²) in [5, 5.41) is 19.2. The standard InChI is InChI=1S/C8H4BrNO5/c9-7-2-4(10(14)15)1-5(8(12)13)6(7)3-11/h1-3H,(H,12,13). The van der Waals surface area contributed by atoms with Crippen LogP contribution in [0.3, 0.4) is 0 Å². The van der Waals surface area contributed by atoms with Gasteiger partial charge in [0.15, 0.2) is 6.29 Å². The van der Waals surface area contributed by atoms with E-state index in [1.807, 2.05) is 0 Å². The van der Waals surface area contributed by atoms with Crippen molar-refractivity contribution in [3.8, 4) is 0 Å². The van der Waals surface area contributed by atoms with Crippen molar-refractivity contribution in [2.45, 2.75) is 0 Å². The quantitative estimate of drug-likeness (QED) is 0.515. The highest BCUT2D eigenvalue weighted by Gasteiger charge is 2.18. The Labute approximate surface area is 91.8 Å². The van der Waals surface area contributed by atoms with Crippen LogP contribution in [0.5, 0.6) is 0 Å². The second-order valence-corrected chi connectivity index (χ2v) is 3.42. The molecule has 1 N–H and O–H groups in total. The average molecular weight is 274 g/mol. The molecule has 0 fully saturated rings. The van der Waals surface area contributed by atoms with Gasteiger partial charge in [-0.05, 0) is 15.9 Å². The van der Waals surface area contributed by atoms with Crippen LogP contribution in [0.1, 0.15) is 20.7 Å². The summed E-state index contributed by atoms with van der Waals surface area (Å²) >= 11 is 2.90. The van der Waals surface area contributed by atoms with E-state index in [0.29, 0.717) is 6.29 Å². The number of rotatable bonds is 3. The second kappa shape index (κ2) is 4.18. The van der Waals surface area contributed by atoms with Crippen LogP contribution >= 0.6 is 15.9 Å². The lowest BCUT2D eigenvalue weighted by Gasteiger charge is -2.01. The summed E-state index contributed by atoms with van der Waals surface area (Å²) in [6.45, 7) is 0. The van der Waals surface area contributed by atoms with Gasteiger partial charge in [0, 0.05) is 22.2 Å². The third kappa shape index (κ3) is 2.18. The van der Waals surface area contributed by atoms with Gasteiger partial charge in [0.1, 0.15) is 0 Å². The van der Waals surface area contributed by atoms with Gasteiger partial charge in [0.25, 0.3) is 5.69 Å². The van der Waals surface area contributed by atoms with E-state index in [2.05, 4.69) is 15.9 Å². The number of benzene rings is 1. The fraction of sp³-hybridized carbons (Fsp3) is 0. The van der Waals surface area contributed by atoms with Crippen LogP contribution in [-0.4, -0.2) is 22.3 Å². The summed E-state index contributed by atoms with van der Waals surface area (Å²) in [6.07, 6.45) is 0.331. The molecule has 1 aromatic carbocycles. The van der Waals surface area contributed by atoms with Gasteiger partial charge in [0.05, 0.1) is 10.5 Å². The van der Waals surface area contributed by atoms with Crippen molar-refractivity contribution in [2.24, 2.45) is 0 Å². The molecule has 0 aromatic heterocycles. The van der Waals surface area contributed by atoms with Gasteiger partial charge in [-0.2, -0.15) is 0 Å². The van der Waals surface area contributed by atoms with Crippen LogP contribution in [0, 0.1) is 10.1 Å². The van der Waals surface area contributed by atoms with Crippen molar-refractivity contribution in [2.75, 3.05) is 0 Å². The minimum atomic E-state index is -1.39. The molecule has 0 spiro atoms. The van der Waals surface area contributed by atoms with E-state index >= 15 is 0 Å². The number of halogens is 1. The number of hydrogen-bond acceptors (Lipinski definition) is 4. The van der Waals surface area contributed by atoms with E-state index in [-0.39, 0.29) is 15.7 Å². The Morgan fingerprint density at radius 3 is 2.53 bits per heavy atom. The molecule has 6 nitrogen and oxygen atoms in total. The fourth-order valence-corrected chi connectivity index (χ4v) is 1.55. The molecular formula is C8H4BrNO5. The number of non-ortho nitro benzene ring substituents is 1. The maximum absolute atomic E-state index is 10.7. The van der Waals surface area contributed by atoms with Crippen molar-refractivity contribution in [1.82, 2.24) is 0 Å². The van der Waals surface area contributed by atoms with Gasteiger partial charge < -0.3 is 5.11 Å². The van der Waals surface area contributed by atoms with E-state index in [1.165, 1.54) is 0 Å². The smallest absolute Gasteiger partial charge is 0.336 e. The van der Waals surface area contributed by atoms with Crippen LogP contribution in [0.15, 0.2) is 16.6 Å². The summed E-state index contributed by atoms with van der Waals surface area (Å²) in [5.41, 5.74) is -0.899. The van der Waals surface area contributed by atoms with Crippen LogP contribution < -0.4 is 0 Å². The van der Waals surface area contributed by atoms with Crippen LogP contribution in [0.25, 0.3) is 0 Å². The Kier molecular flexibility index (Phi) is 3.15. The number of nitro groups is 1. The predicted molar refractivity (Wildman–Crippen MR) is 53.1 cm³/mol. The maximum atomic E-state index is 10.7. The molecule has 0 saturated carbocycles. The third-order valence-corrected chi connectivity index (χ3v) is 2.33. The van der Waals surface area contributed by atoms with Gasteiger partial charge in [-0.3, -0.25) is 14.9 Å². The van der Waals surface area contributed by atoms with E-state index in [1.54, 1.807) is 0 Å². The molecule has 78 valence electrons. The number of aldehydes is 1. The number of hydrogen-bond donors (Lipinski definition) is 1. The molecular weight excluding hydrogens is 270 g/mol. The maximum Gasteiger partial charge on any atom is 0.336 e. The Balaban J connectivity index is 3.52. The summed E-state index contributed by atoms with van der Waals surface area (Å²) in [5.74, 6) is -1.39. The normalized spacial score (nSPS) is 9.67. The number of nitro benzene ring substituents is 1. The van der Waals surface area contributed by atoms with Crippen LogP contribution in [0.2, 0.25) is 0 Å². The lowest BCUT2D eigenvalue weighted by Crippen LogP contribution is -2.04. The van der Waals surface area contributed by atoms with Gasteiger partial charge in [-0.25, -0.2) is 4.79 Å². The highest BCUT2D eigenvalue weighted by atomic mass is 79.9. The predicted octanol–water partition coefficient (Wildman–Crippen LogP) is 1.87. The number of carboxylic acids is 1. The first-order valence-electron chi connectivity index (χ1n) is 3.63. The minimum absolute atomic E-state index is 0.0871. The molecule has 0 aliphatic heterocycles.